The number of rotatable bonds is 9. The Morgan fingerprint density at radius 3 is 2.32 bits per heavy atom. The fourth-order valence-electron chi connectivity index (χ4n) is 2.45. The van der Waals surface area contributed by atoms with E-state index in [-0.39, 0.29) is 5.54 Å². The van der Waals surface area contributed by atoms with E-state index in [1.54, 1.807) is 26.0 Å². The summed E-state index contributed by atoms with van der Waals surface area (Å²) in [4.78, 5) is 12.1. The highest BCUT2D eigenvalue weighted by molar-refractivity contribution is 5.90. The predicted octanol–water partition coefficient (Wildman–Crippen LogP) is 5.55. The van der Waals surface area contributed by atoms with E-state index in [0.29, 0.717) is 5.56 Å². The van der Waals surface area contributed by atoms with Gasteiger partial charge in [0.25, 0.3) is 0 Å². The van der Waals surface area contributed by atoms with Gasteiger partial charge in [-0.1, -0.05) is 27.2 Å². The molecule has 0 aliphatic carbocycles. The summed E-state index contributed by atoms with van der Waals surface area (Å²) in [6, 6.07) is 9.23. The molecule has 0 saturated heterocycles. The van der Waals surface area contributed by atoms with Crippen molar-refractivity contribution in [2.45, 2.75) is 78.4 Å². The van der Waals surface area contributed by atoms with Crippen molar-refractivity contribution in [3.8, 4) is 6.07 Å². The number of ether oxygens (including phenoxy) is 1. The number of anilines is 1. The molecule has 0 fully saturated rings. The van der Waals surface area contributed by atoms with Gasteiger partial charge in [-0.05, 0) is 70.2 Å². The Bertz CT molecular complexity index is 601. The van der Waals surface area contributed by atoms with E-state index < -0.39 is 11.6 Å². The summed E-state index contributed by atoms with van der Waals surface area (Å²) < 4.78 is 5.19. The number of benzene rings is 1. The summed E-state index contributed by atoms with van der Waals surface area (Å²) >= 11 is 0. The van der Waals surface area contributed by atoms with Crippen molar-refractivity contribution in [3.63, 3.8) is 0 Å². The fraction of sp³-hybridized carbons (Fsp3) is 0.619. The molecule has 1 rings (SSSR count). The van der Waals surface area contributed by atoms with E-state index in [2.05, 4.69) is 33.0 Å². The number of carbonyl (C=O) groups excluding carboxylic acids is 1. The highest BCUT2D eigenvalue weighted by Gasteiger charge is 2.24. The summed E-state index contributed by atoms with van der Waals surface area (Å²) in [6.45, 7) is 12.1. The molecule has 1 aromatic rings. The van der Waals surface area contributed by atoms with Crippen LogP contribution in [0.15, 0.2) is 24.3 Å². The Labute approximate surface area is 152 Å². The van der Waals surface area contributed by atoms with Crippen molar-refractivity contribution in [2.75, 3.05) is 5.32 Å². The number of nitrogens with one attached hydrogen (secondary N) is 1. The Morgan fingerprint density at radius 2 is 1.84 bits per heavy atom. The van der Waals surface area contributed by atoms with Crippen LogP contribution in [0.1, 0.15) is 77.6 Å². The van der Waals surface area contributed by atoms with Gasteiger partial charge in [-0.15, -0.1) is 0 Å². The Morgan fingerprint density at radius 1 is 1.24 bits per heavy atom. The van der Waals surface area contributed by atoms with E-state index in [1.807, 2.05) is 18.2 Å². The van der Waals surface area contributed by atoms with Gasteiger partial charge in [0.1, 0.15) is 6.07 Å². The maximum Gasteiger partial charge on any atom is 0.339 e. The van der Waals surface area contributed by atoms with E-state index in [0.717, 1.165) is 24.4 Å². The molecule has 0 bridgehead atoms. The van der Waals surface area contributed by atoms with Crippen molar-refractivity contribution in [2.24, 2.45) is 5.92 Å². The maximum atomic E-state index is 12.1. The van der Waals surface area contributed by atoms with Gasteiger partial charge in [0.15, 0.2) is 5.60 Å². The maximum absolute atomic E-state index is 12.1. The lowest BCUT2D eigenvalue weighted by Crippen LogP contribution is -2.34. The van der Waals surface area contributed by atoms with Gasteiger partial charge in [0.2, 0.25) is 0 Å². The SMILES string of the molecule is CCC(C)CCC(C)(CC)Nc1ccc(C(=O)OC(C)(C)C#N)cc1. The number of hydrogen-bond donors (Lipinski definition) is 1. The standard InChI is InChI=1S/C21H32N2O2/c1-7-16(3)13-14-21(6,8-2)23-18-11-9-17(10-12-18)19(24)25-20(4,5)15-22/h9-12,16,23H,7-8,13-14H2,1-6H3. The minimum absolute atomic E-state index is 0.0360. The zero-order valence-electron chi connectivity index (χ0n) is 16.5. The molecule has 0 amide bonds. The summed E-state index contributed by atoms with van der Waals surface area (Å²) in [7, 11) is 0. The third-order valence-electron chi connectivity index (χ3n) is 4.85. The number of nitrogens with zero attached hydrogens (tertiary/aromatic N) is 1. The molecular formula is C21H32N2O2. The lowest BCUT2D eigenvalue weighted by Gasteiger charge is -2.32. The van der Waals surface area contributed by atoms with Gasteiger partial charge in [-0.3, -0.25) is 0 Å². The molecule has 4 nitrogen and oxygen atoms in total. The molecular weight excluding hydrogens is 312 g/mol. The van der Waals surface area contributed by atoms with Crippen LogP contribution in [0.4, 0.5) is 5.69 Å². The topological polar surface area (TPSA) is 62.1 Å². The first kappa shape index (κ1) is 21.0. The Balaban J connectivity index is 2.75. The highest BCUT2D eigenvalue weighted by Crippen LogP contribution is 2.26. The fourth-order valence-corrected chi connectivity index (χ4v) is 2.45. The van der Waals surface area contributed by atoms with Gasteiger partial charge >= 0.3 is 5.97 Å². The van der Waals surface area contributed by atoms with Crippen LogP contribution in [0.25, 0.3) is 0 Å². The zero-order valence-corrected chi connectivity index (χ0v) is 16.5. The second-order valence-electron chi connectivity index (χ2n) is 7.68. The summed E-state index contributed by atoms with van der Waals surface area (Å²) in [5.41, 5.74) is 0.357. The number of nitriles is 1. The van der Waals surface area contributed by atoms with Crippen molar-refractivity contribution in [3.05, 3.63) is 29.8 Å². The van der Waals surface area contributed by atoms with Gasteiger partial charge in [-0.25, -0.2) is 4.79 Å². The number of esters is 1. The van der Waals surface area contributed by atoms with Gasteiger partial charge in [0, 0.05) is 11.2 Å². The van der Waals surface area contributed by atoms with Crippen molar-refractivity contribution in [1.29, 1.82) is 5.26 Å². The zero-order chi connectivity index (χ0) is 19.1. The molecule has 0 aromatic heterocycles. The van der Waals surface area contributed by atoms with Crippen LogP contribution >= 0.6 is 0 Å². The first-order chi connectivity index (χ1) is 11.6. The molecule has 2 atom stereocenters. The molecule has 0 aliphatic heterocycles. The lowest BCUT2D eigenvalue weighted by atomic mass is 9.88. The van der Waals surface area contributed by atoms with Crippen LogP contribution in [-0.2, 0) is 4.74 Å². The number of carbonyl (C=O) groups is 1. The summed E-state index contributed by atoms with van der Waals surface area (Å²) in [5, 5.41) is 12.6. The van der Waals surface area contributed by atoms with Crippen molar-refractivity contribution in [1.82, 2.24) is 0 Å². The molecule has 0 spiro atoms. The smallest absolute Gasteiger partial charge is 0.339 e. The summed E-state index contributed by atoms with van der Waals surface area (Å²) in [5.74, 6) is 0.251. The third-order valence-corrected chi connectivity index (χ3v) is 4.85. The molecule has 4 heteroatoms. The average molecular weight is 344 g/mol. The molecule has 25 heavy (non-hydrogen) atoms. The molecule has 0 saturated carbocycles. The second-order valence-corrected chi connectivity index (χ2v) is 7.68. The van der Waals surface area contributed by atoms with E-state index in [4.69, 9.17) is 10.00 Å². The lowest BCUT2D eigenvalue weighted by molar-refractivity contribution is 0.0198. The molecule has 0 aliphatic rings. The van der Waals surface area contributed by atoms with E-state index >= 15 is 0 Å². The van der Waals surface area contributed by atoms with Crippen LogP contribution in [-0.4, -0.2) is 17.1 Å². The van der Waals surface area contributed by atoms with E-state index in [9.17, 15) is 4.79 Å². The van der Waals surface area contributed by atoms with Crippen LogP contribution in [0, 0.1) is 17.2 Å². The normalized spacial score (nSPS) is 14.9. The Kier molecular flexibility index (Phi) is 7.48. The summed E-state index contributed by atoms with van der Waals surface area (Å²) in [6.07, 6.45) is 4.54. The number of hydrogen-bond acceptors (Lipinski definition) is 4. The Hall–Kier alpha value is -2.02. The highest BCUT2D eigenvalue weighted by atomic mass is 16.6. The largest absolute Gasteiger partial charge is 0.441 e. The molecule has 1 aromatic carbocycles. The molecule has 138 valence electrons. The van der Waals surface area contributed by atoms with Gasteiger partial charge in [-0.2, -0.15) is 5.26 Å². The van der Waals surface area contributed by atoms with Crippen LogP contribution < -0.4 is 5.32 Å². The van der Waals surface area contributed by atoms with E-state index in [1.165, 1.54) is 12.8 Å². The van der Waals surface area contributed by atoms with Crippen LogP contribution in [0.3, 0.4) is 0 Å². The molecule has 2 unspecified atom stereocenters. The van der Waals surface area contributed by atoms with Crippen molar-refractivity contribution < 1.29 is 9.53 Å². The minimum Gasteiger partial charge on any atom is -0.441 e. The van der Waals surface area contributed by atoms with Crippen LogP contribution in [0.2, 0.25) is 0 Å². The van der Waals surface area contributed by atoms with Crippen LogP contribution in [0.5, 0.6) is 0 Å². The molecule has 0 heterocycles. The molecule has 1 N–H and O–H groups in total. The molecule has 0 radical (unpaired) electrons. The predicted molar refractivity (Wildman–Crippen MR) is 103 cm³/mol. The van der Waals surface area contributed by atoms with Gasteiger partial charge < -0.3 is 10.1 Å². The minimum atomic E-state index is -1.12. The monoisotopic (exact) mass is 344 g/mol. The van der Waals surface area contributed by atoms with Crippen molar-refractivity contribution >= 4 is 11.7 Å². The second kappa shape index (κ2) is 8.89. The third kappa shape index (κ3) is 6.78. The first-order valence-electron chi connectivity index (χ1n) is 9.17. The average Bonchev–Trinajstić information content (AvgIpc) is 2.59. The first-order valence-corrected chi connectivity index (χ1v) is 9.17. The van der Waals surface area contributed by atoms with Gasteiger partial charge in [0.05, 0.1) is 5.56 Å². The quantitative estimate of drug-likeness (QED) is 0.596.